The second-order valence-corrected chi connectivity index (χ2v) is 13.8. The first-order chi connectivity index (χ1) is 20.7. The summed E-state index contributed by atoms with van der Waals surface area (Å²) in [5, 5.41) is 3.89. The quantitative estimate of drug-likeness (QED) is 0.266. The summed E-state index contributed by atoms with van der Waals surface area (Å²) in [6.45, 7) is 6.70. The first-order valence-electron chi connectivity index (χ1n) is 15.4. The van der Waals surface area contributed by atoms with Gasteiger partial charge in [0.05, 0.1) is 18.0 Å². The summed E-state index contributed by atoms with van der Waals surface area (Å²) in [5.74, 6) is 2.41. The van der Waals surface area contributed by atoms with Gasteiger partial charge in [-0.1, -0.05) is 73.7 Å². The molecular formula is C33H40N4O5S. The number of carbonyl (C=O) groups is 1. The van der Waals surface area contributed by atoms with Gasteiger partial charge in [-0.2, -0.15) is 0 Å². The normalized spacial score (nSPS) is 18.3. The van der Waals surface area contributed by atoms with Crippen LogP contribution in [-0.2, 0) is 32.7 Å². The predicted octanol–water partition coefficient (Wildman–Crippen LogP) is 6.54. The molecule has 1 N–H and O–H groups in total. The standard InChI is InChI=1S/C33H40N4O5S/c1-4-41-21-26-18-25(20-37-30(19-24-10-9-11-24)34-33(32(37)38)16-7-8-17-33)14-15-27(26)28-12-5-6-13-29(28)43(39,40)36-31-22(2)23(3)42-35-31/h5-6,12-15,18,24H,4,7-11,16-17,19-21H2,1-3H3,(H,35,36). The number of aryl methyl sites for hydroxylation is 1. The van der Waals surface area contributed by atoms with Crippen LogP contribution in [0.1, 0.15) is 80.7 Å². The van der Waals surface area contributed by atoms with E-state index < -0.39 is 15.6 Å². The molecule has 2 fully saturated rings. The fraction of sp³-hybridized carbons (Fsp3) is 0.485. The van der Waals surface area contributed by atoms with Crippen LogP contribution in [0.3, 0.4) is 0 Å². The van der Waals surface area contributed by atoms with Crippen LogP contribution >= 0.6 is 0 Å². The SMILES string of the molecule is CCOCc1cc(CN2C(=O)C3(CCCC3)N=C2CC2CCC2)ccc1-c1ccccc1S(=O)(=O)Nc1noc(C)c1C. The Kier molecular flexibility index (Phi) is 8.17. The molecule has 2 heterocycles. The molecule has 43 heavy (non-hydrogen) atoms. The Labute approximate surface area is 253 Å². The number of amides is 1. The van der Waals surface area contributed by atoms with E-state index in [0.717, 1.165) is 54.6 Å². The number of hydrogen-bond donors (Lipinski definition) is 1. The van der Waals surface area contributed by atoms with Crippen LogP contribution in [0.5, 0.6) is 0 Å². The van der Waals surface area contributed by atoms with Crippen LogP contribution in [0.4, 0.5) is 5.82 Å². The number of ether oxygens (including phenoxy) is 1. The third kappa shape index (κ3) is 5.74. The molecule has 2 aliphatic carbocycles. The monoisotopic (exact) mass is 604 g/mol. The van der Waals surface area contributed by atoms with E-state index in [-0.39, 0.29) is 16.6 Å². The van der Waals surface area contributed by atoms with Crippen LogP contribution in [0, 0.1) is 19.8 Å². The van der Waals surface area contributed by atoms with E-state index in [1.54, 1.807) is 32.0 Å². The average Bonchev–Trinajstić information content (AvgIpc) is 3.65. The maximum atomic E-state index is 13.8. The van der Waals surface area contributed by atoms with E-state index in [9.17, 15) is 13.2 Å². The maximum Gasteiger partial charge on any atom is 0.263 e. The van der Waals surface area contributed by atoms with E-state index in [2.05, 4.69) is 9.88 Å². The molecule has 0 bridgehead atoms. The minimum Gasteiger partial charge on any atom is -0.377 e. The molecule has 0 unspecified atom stereocenters. The van der Waals surface area contributed by atoms with E-state index >= 15 is 0 Å². The maximum absolute atomic E-state index is 13.8. The minimum atomic E-state index is -3.99. The van der Waals surface area contributed by atoms with Gasteiger partial charge in [-0.3, -0.25) is 19.4 Å². The molecule has 0 radical (unpaired) electrons. The molecule has 2 aromatic carbocycles. The number of aliphatic imine (C=N–C) groups is 1. The van der Waals surface area contributed by atoms with Crippen molar-refractivity contribution in [3.8, 4) is 11.1 Å². The minimum absolute atomic E-state index is 0.133. The molecule has 1 spiro atoms. The Morgan fingerprint density at radius 2 is 1.84 bits per heavy atom. The summed E-state index contributed by atoms with van der Waals surface area (Å²) < 4.78 is 40.8. The number of anilines is 1. The highest BCUT2D eigenvalue weighted by Gasteiger charge is 2.49. The molecule has 0 saturated heterocycles. The number of sulfonamides is 1. The van der Waals surface area contributed by atoms with Gasteiger partial charge in [-0.05, 0) is 62.3 Å². The van der Waals surface area contributed by atoms with Gasteiger partial charge in [-0.15, -0.1) is 0 Å². The molecule has 10 heteroatoms. The molecule has 3 aliphatic rings. The Balaban J connectivity index is 1.32. The number of carbonyl (C=O) groups excluding carboxylic acids is 1. The molecule has 1 amide bonds. The number of nitrogens with zero attached hydrogens (tertiary/aromatic N) is 3. The molecule has 9 nitrogen and oxygen atoms in total. The molecule has 1 aromatic heterocycles. The van der Waals surface area contributed by atoms with Gasteiger partial charge in [0.25, 0.3) is 15.9 Å². The highest BCUT2D eigenvalue weighted by atomic mass is 32.2. The van der Waals surface area contributed by atoms with Crippen LogP contribution in [0.15, 0.2) is 56.9 Å². The van der Waals surface area contributed by atoms with Crippen molar-refractivity contribution in [1.82, 2.24) is 10.1 Å². The van der Waals surface area contributed by atoms with Gasteiger partial charge in [0.15, 0.2) is 5.82 Å². The molecular weight excluding hydrogens is 564 g/mol. The molecule has 228 valence electrons. The number of nitrogens with one attached hydrogen (secondary N) is 1. The van der Waals surface area contributed by atoms with Crippen molar-refractivity contribution in [2.45, 2.75) is 95.7 Å². The number of aromatic nitrogens is 1. The fourth-order valence-corrected chi connectivity index (χ4v) is 7.70. The number of amidine groups is 1. The van der Waals surface area contributed by atoms with E-state index in [0.29, 0.717) is 42.6 Å². The summed E-state index contributed by atoms with van der Waals surface area (Å²) in [4.78, 5) is 21.0. The molecule has 0 atom stereocenters. The van der Waals surface area contributed by atoms with Crippen molar-refractivity contribution >= 4 is 27.6 Å². The van der Waals surface area contributed by atoms with Crippen LogP contribution in [0.2, 0.25) is 0 Å². The van der Waals surface area contributed by atoms with Gasteiger partial charge in [0.1, 0.15) is 17.1 Å². The second kappa shape index (κ2) is 11.9. The second-order valence-electron chi connectivity index (χ2n) is 12.1. The Morgan fingerprint density at radius 1 is 1.07 bits per heavy atom. The van der Waals surface area contributed by atoms with Crippen molar-refractivity contribution < 1.29 is 22.5 Å². The molecule has 6 rings (SSSR count). The summed E-state index contributed by atoms with van der Waals surface area (Å²) in [6.07, 6.45) is 8.27. The molecule has 2 saturated carbocycles. The fourth-order valence-electron chi connectivity index (χ4n) is 6.42. The van der Waals surface area contributed by atoms with E-state index in [1.165, 1.54) is 19.3 Å². The summed E-state index contributed by atoms with van der Waals surface area (Å²) in [6, 6.07) is 12.9. The Bertz CT molecular complexity index is 1650. The van der Waals surface area contributed by atoms with E-state index in [1.807, 2.05) is 36.1 Å². The predicted molar refractivity (Wildman–Crippen MR) is 165 cm³/mol. The van der Waals surface area contributed by atoms with E-state index in [4.69, 9.17) is 14.3 Å². The van der Waals surface area contributed by atoms with Crippen LogP contribution in [-0.4, -0.2) is 42.4 Å². The van der Waals surface area contributed by atoms with Crippen molar-refractivity contribution in [2.24, 2.45) is 10.9 Å². The summed E-state index contributed by atoms with van der Waals surface area (Å²) in [5.41, 5.74) is 3.20. The van der Waals surface area contributed by atoms with Gasteiger partial charge in [0, 0.05) is 24.2 Å². The number of rotatable bonds is 11. The zero-order chi connectivity index (χ0) is 30.2. The lowest BCUT2D eigenvalue weighted by molar-refractivity contribution is -0.131. The zero-order valence-corrected chi connectivity index (χ0v) is 26.0. The first kappa shape index (κ1) is 29.6. The lowest BCUT2D eigenvalue weighted by Crippen LogP contribution is -2.41. The van der Waals surface area contributed by atoms with Crippen molar-refractivity contribution in [3.63, 3.8) is 0 Å². The van der Waals surface area contributed by atoms with Crippen LogP contribution in [0.25, 0.3) is 11.1 Å². The van der Waals surface area contributed by atoms with Gasteiger partial charge in [0.2, 0.25) is 0 Å². The highest BCUT2D eigenvalue weighted by Crippen LogP contribution is 2.42. The third-order valence-electron chi connectivity index (χ3n) is 9.25. The Hall–Kier alpha value is -3.50. The lowest BCUT2D eigenvalue weighted by atomic mass is 9.82. The molecule has 3 aromatic rings. The number of hydrogen-bond acceptors (Lipinski definition) is 7. The lowest BCUT2D eigenvalue weighted by Gasteiger charge is -2.28. The van der Waals surface area contributed by atoms with Gasteiger partial charge >= 0.3 is 0 Å². The van der Waals surface area contributed by atoms with Crippen molar-refractivity contribution in [1.29, 1.82) is 0 Å². The topological polar surface area (TPSA) is 114 Å². The summed E-state index contributed by atoms with van der Waals surface area (Å²) >= 11 is 0. The Morgan fingerprint density at radius 3 is 2.51 bits per heavy atom. The van der Waals surface area contributed by atoms with Gasteiger partial charge < -0.3 is 9.26 Å². The summed E-state index contributed by atoms with van der Waals surface area (Å²) in [7, 11) is -3.99. The zero-order valence-electron chi connectivity index (χ0n) is 25.2. The average molecular weight is 605 g/mol. The first-order valence-corrected chi connectivity index (χ1v) is 16.8. The highest BCUT2D eigenvalue weighted by molar-refractivity contribution is 7.92. The number of benzene rings is 2. The van der Waals surface area contributed by atoms with Gasteiger partial charge in [-0.25, -0.2) is 8.42 Å². The van der Waals surface area contributed by atoms with Crippen molar-refractivity contribution in [3.05, 3.63) is 64.9 Å². The molecule has 1 aliphatic heterocycles. The van der Waals surface area contributed by atoms with Crippen molar-refractivity contribution in [2.75, 3.05) is 11.3 Å². The largest absolute Gasteiger partial charge is 0.377 e. The third-order valence-corrected chi connectivity index (χ3v) is 10.6. The van der Waals surface area contributed by atoms with Crippen LogP contribution < -0.4 is 4.72 Å². The smallest absolute Gasteiger partial charge is 0.263 e.